The third kappa shape index (κ3) is 2.23. The van der Waals surface area contributed by atoms with E-state index < -0.39 is 0 Å². The molecule has 0 atom stereocenters. The number of aromatic nitrogens is 3. The highest BCUT2D eigenvalue weighted by Gasteiger charge is 2.39. The Balaban J connectivity index is 1.56. The summed E-state index contributed by atoms with van der Waals surface area (Å²) in [4.78, 5) is 0. The van der Waals surface area contributed by atoms with Crippen molar-refractivity contribution >= 4 is 0 Å². The second kappa shape index (κ2) is 4.41. The Morgan fingerprint density at radius 2 is 2.18 bits per heavy atom. The first kappa shape index (κ1) is 11.2. The van der Waals surface area contributed by atoms with Crippen LogP contribution >= 0.6 is 0 Å². The number of nitrogens with zero attached hydrogens (tertiary/aromatic N) is 3. The molecule has 1 aromatic rings. The van der Waals surface area contributed by atoms with Crippen molar-refractivity contribution in [2.75, 3.05) is 6.54 Å². The molecule has 1 N–H and O–H groups in total. The third-order valence-electron chi connectivity index (χ3n) is 4.43. The van der Waals surface area contributed by atoms with E-state index in [1.54, 1.807) is 0 Å². The molecule has 4 nitrogen and oxygen atoms in total. The minimum atomic E-state index is 0.616. The molecule has 2 aliphatic rings. The fraction of sp³-hybridized carbons (Fsp3) is 0.846. The second-order valence-electron chi connectivity index (χ2n) is 5.60. The molecule has 0 amide bonds. The molecule has 1 aromatic heterocycles. The van der Waals surface area contributed by atoms with Gasteiger partial charge in [-0.3, -0.25) is 0 Å². The molecule has 94 valence electrons. The Kier molecular flexibility index (Phi) is 2.90. The normalized spacial score (nSPS) is 21.2. The molecular weight excluding hydrogens is 212 g/mol. The monoisotopic (exact) mass is 234 g/mol. The number of aryl methyl sites for hydroxylation is 1. The zero-order valence-electron chi connectivity index (χ0n) is 10.7. The Labute approximate surface area is 103 Å². The molecule has 17 heavy (non-hydrogen) atoms. The van der Waals surface area contributed by atoms with E-state index in [1.807, 2.05) is 0 Å². The van der Waals surface area contributed by atoms with Crippen molar-refractivity contribution < 1.29 is 0 Å². The van der Waals surface area contributed by atoms with Gasteiger partial charge >= 0.3 is 0 Å². The quantitative estimate of drug-likeness (QED) is 0.846. The van der Waals surface area contributed by atoms with Crippen molar-refractivity contribution in [1.82, 2.24) is 20.1 Å². The predicted octanol–water partition coefficient (Wildman–Crippen LogP) is 1.89. The van der Waals surface area contributed by atoms with Crippen LogP contribution in [0.4, 0.5) is 0 Å². The zero-order chi connectivity index (χ0) is 11.7. The molecule has 4 heteroatoms. The van der Waals surface area contributed by atoms with Crippen LogP contribution in [-0.2, 0) is 19.5 Å². The molecule has 1 fully saturated rings. The number of rotatable bonds is 5. The minimum absolute atomic E-state index is 0.616. The van der Waals surface area contributed by atoms with Crippen molar-refractivity contribution in [3.05, 3.63) is 11.6 Å². The summed E-state index contributed by atoms with van der Waals surface area (Å²) < 4.78 is 2.31. The lowest BCUT2D eigenvalue weighted by molar-refractivity contribution is 0.430. The lowest BCUT2D eigenvalue weighted by Gasteiger charge is -2.16. The molecule has 0 radical (unpaired) electrons. The highest BCUT2D eigenvalue weighted by Crippen LogP contribution is 2.47. The van der Waals surface area contributed by atoms with Gasteiger partial charge in [0.05, 0.1) is 6.54 Å². The zero-order valence-corrected chi connectivity index (χ0v) is 10.7. The largest absolute Gasteiger partial charge is 0.314 e. The van der Waals surface area contributed by atoms with Gasteiger partial charge in [-0.25, -0.2) is 0 Å². The molecule has 0 aromatic carbocycles. The standard InChI is InChI=1S/C13H22N4/c1-2-13(6-7-13)10-14-9-12-16-15-11-5-3-4-8-17(11)12/h14H,2-10H2,1H3. The van der Waals surface area contributed by atoms with Gasteiger partial charge in [0.25, 0.3) is 0 Å². The van der Waals surface area contributed by atoms with Gasteiger partial charge < -0.3 is 9.88 Å². The first-order chi connectivity index (χ1) is 8.33. The number of hydrogen-bond donors (Lipinski definition) is 1. The van der Waals surface area contributed by atoms with Crippen LogP contribution in [0.5, 0.6) is 0 Å². The second-order valence-corrected chi connectivity index (χ2v) is 5.60. The number of fused-ring (bicyclic) bond motifs is 1. The van der Waals surface area contributed by atoms with Crippen LogP contribution in [0.2, 0.25) is 0 Å². The lowest BCUT2D eigenvalue weighted by Crippen LogP contribution is -2.25. The average molecular weight is 234 g/mol. The van der Waals surface area contributed by atoms with Crippen LogP contribution in [0.25, 0.3) is 0 Å². The molecule has 0 bridgehead atoms. The molecule has 1 aliphatic carbocycles. The van der Waals surface area contributed by atoms with Crippen molar-refractivity contribution in [2.45, 2.75) is 58.5 Å². The molecule has 3 rings (SSSR count). The van der Waals surface area contributed by atoms with Gasteiger partial charge in [0.2, 0.25) is 0 Å². The van der Waals surface area contributed by atoms with Gasteiger partial charge in [-0.2, -0.15) is 0 Å². The fourth-order valence-corrected chi connectivity index (χ4v) is 2.77. The highest BCUT2D eigenvalue weighted by atomic mass is 15.3. The van der Waals surface area contributed by atoms with Gasteiger partial charge in [-0.05, 0) is 37.5 Å². The summed E-state index contributed by atoms with van der Waals surface area (Å²) in [5.74, 6) is 2.32. The number of hydrogen-bond acceptors (Lipinski definition) is 3. The molecule has 2 heterocycles. The van der Waals surface area contributed by atoms with Crippen LogP contribution < -0.4 is 5.32 Å². The van der Waals surface area contributed by atoms with Crippen molar-refractivity contribution in [2.24, 2.45) is 5.41 Å². The number of nitrogens with one attached hydrogen (secondary N) is 1. The Hall–Kier alpha value is -0.900. The van der Waals surface area contributed by atoms with E-state index in [0.717, 1.165) is 31.9 Å². The van der Waals surface area contributed by atoms with Gasteiger partial charge in [0, 0.05) is 19.5 Å². The minimum Gasteiger partial charge on any atom is -0.314 e. The SMILES string of the molecule is CCC1(CNCc2nnc3n2CCCC3)CC1. The summed E-state index contributed by atoms with van der Waals surface area (Å²) in [5.41, 5.74) is 0.616. The predicted molar refractivity (Wildman–Crippen MR) is 66.6 cm³/mol. The van der Waals surface area contributed by atoms with E-state index in [4.69, 9.17) is 0 Å². The molecular formula is C13H22N4. The van der Waals surface area contributed by atoms with Crippen LogP contribution in [0.15, 0.2) is 0 Å². The molecule has 1 aliphatic heterocycles. The van der Waals surface area contributed by atoms with E-state index in [9.17, 15) is 0 Å². The van der Waals surface area contributed by atoms with Crippen LogP contribution in [0, 0.1) is 5.41 Å². The van der Waals surface area contributed by atoms with Crippen LogP contribution in [0.1, 0.15) is 50.7 Å². The molecule has 0 spiro atoms. The van der Waals surface area contributed by atoms with Crippen molar-refractivity contribution in [3.63, 3.8) is 0 Å². The first-order valence-electron chi connectivity index (χ1n) is 6.95. The third-order valence-corrected chi connectivity index (χ3v) is 4.43. The van der Waals surface area contributed by atoms with Gasteiger partial charge in [-0.1, -0.05) is 6.92 Å². The van der Waals surface area contributed by atoms with Gasteiger partial charge in [0.15, 0.2) is 0 Å². The van der Waals surface area contributed by atoms with E-state index in [0.29, 0.717) is 5.41 Å². The summed E-state index contributed by atoms with van der Waals surface area (Å²) in [5, 5.41) is 12.2. The maximum Gasteiger partial charge on any atom is 0.147 e. The van der Waals surface area contributed by atoms with Crippen LogP contribution in [0.3, 0.4) is 0 Å². The van der Waals surface area contributed by atoms with E-state index in [1.165, 1.54) is 37.9 Å². The lowest BCUT2D eigenvalue weighted by atomic mass is 10.0. The summed E-state index contributed by atoms with van der Waals surface area (Å²) >= 11 is 0. The summed E-state index contributed by atoms with van der Waals surface area (Å²) in [6.45, 7) is 5.44. The van der Waals surface area contributed by atoms with Gasteiger partial charge in [0.1, 0.15) is 11.6 Å². The van der Waals surface area contributed by atoms with E-state index >= 15 is 0 Å². The van der Waals surface area contributed by atoms with Gasteiger partial charge in [-0.15, -0.1) is 10.2 Å². The average Bonchev–Trinajstić information content (AvgIpc) is 3.04. The van der Waals surface area contributed by atoms with E-state index in [2.05, 4.69) is 27.0 Å². The maximum atomic E-state index is 4.31. The topological polar surface area (TPSA) is 42.7 Å². The van der Waals surface area contributed by atoms with Crippen molar-refractivity contribution in [3.8, 4) is 0 Å². The maximum absolute atomic E-state index is 4.31. The highest BCUT2D eigenvalue weighted by molar-refractivity contribution is 4.99. The smallest absolute Gasteiger partial charge is 0.147 e. The van der Waals surface area contributed by atoms with Crippen molar-refractivity contribution in [1.29, 1.82) is 0 Å². The Morgan fingerprint density at radius 1 is 1.29 bits per heavy atom. The van der Waals surface area contributed by atoms with Crippen LogP contribution in [-0.4, -0.2) is 21.3 Å². The molecule has 1 saturated carbocycles. The Bertz CT molecular complexity index is 392. The van der Waals surface area contributed by atoms with E-state index in [-0.39, 0.29) is 0 Å². The fourth-order valence-electron chi connectivity index (χ4n) is 2.77. The summed E-state index contributed by atoms with van der Waals surface area (Å²) in [6, 6.07) is 0. The Morgan fingerprint density at radius 3 is 2.94 bits per heavy atom. The molecule has 0 unspecified atom stereocenters. The first-order valence-corrected chi connectivity index (χ1v) is 6.95. The molecule has 0 saturated heterocycles. The summed E-state index contributed by atoms with van der Waals surface area (Å²) in [7, 11) is 0. The summed E-state index contributed by atoms with van der Waals surface area (Å²) in [6.07, 6.45) is 7.74.